The number of nitrogens with zero attached hydrogens (tertiary/aromatic N) is 1. The van der Waals surface area contributed by atoms with Crippen LogP contribution < -0.4 is 4.18 Å². The van der Waals surface area contributed by atoms with Crippen LogP contribution in [0.4, 0.5) is 13.2 Å². The first-order chi connectivity index (χ1) is 11.8. The van der Waals surface area contributed by atoms with Crippen molar-refractivity contribution >= 4 is 37.0 Å². The van der Waals surface area contributed by atoms with Gasteiger partial charge in [-0.25, -0.2) is 16.8 Å². The van der Waals surface area contributed by atoms with Gasteiger partial charge in [0.25, 0.3) is 0 Å². The van der Waals surface area contributed by atoms with Crippen LogP contribution in [-0.2, 0) is 31.2 Å². The lowest BCUT2D eigenvalue weighted by molar-refractivity contribution is -0.0425. The fraction of sp³-hybridized carbons (Fsp3) is 0.462. The molecule has 0 fully saturated rings. The van der Waals surface area contributed by atoms with Crippen LogP contribution in [0.1, 0.15) is 24.2 Å². The second-order valence-electron chi connectivity index (χ2n) is 4.79. The molecule has 1 rings (SSSR count). The number of hydrogen-bond acceptors (Lipinski definition) is 6. The van der Waals surface area contributed by atoms with E-state index >= 15 is 0 Å². The summed E-state index contributed by atoms with van der Waals surface area (Å²) < 4.78 is 86.7. The normalized spacial score (nSPS) is 13.0. The predicted molar refractivity (Wildman–Crippen MR) is 92.0 cm³/mol. The molecule has 0 N–H and O–H groups in total. The second kappa shape index (κ2) is 8.59. The van der Waals surface area contributed by atoms with Crippen LogP contribution in [0.15, 0.2) is 24.3 Å². The Labute approximate surface area is 152 Å². The van der Waals surface area contributed by atoms with Crippen molar-refractivity contribution in [1.29, 1.82) is 0 Å². The monoisotopic (exact) mass is 435 g/mol. The van der Waals surface area contributed by atoms with Gasteiger partial charge in [0.1, 0.15) is 17.3 Å². The minimum Gasteiger partial charge on any atom is -0.395 e. The van der Waals surface area contributed by atoms with Gasteiger partial charge in [-0.15, -0.1) is 0 Å². The zero-order valence-corrected chi connectivity index (χ0v) is 16.1. The molecule has 0 aliphatic heterocycles. The van der Waals surface area contributed by atoms with Gasteiger partial charge in [-0.2, -0.15) is 13.2 Å². The molecule has 148 valence electrons. The topological polar surface area (TPSA) is 109 Å². The summed E-state index contributed by atoms with van der Waals surface area (Å²) in [5.74, 6) is 1.36. The number of halogens is 3. The number of carbonyl (C=O) groups excluding carboxylic acids is 1. The maximum Gasteiger partial charge on any atom is 0.480 e. The van der Waals surface area contributed by atoms with Gasteiger partial charge in [0.05, 0.1) is 0 Å². The van der Waals surface area contributed by atoms with Gasteiger partial charge in [-0.3, -0.25) is 4.79 Å². The highest BCUT2D eigenvalue weighted by Crippen LogP contribution is 2.31. The maximum absolute atomic E-state index is 12.2. The van der Waals surface area contributed by atoms with E-state index in [1.165, 1.54) is 12.1 Å². The van der Waals surface area contributed by atoms with Gasteiger partial charge in [-0.1, -0.05) is 0 Å². The van der Waals surface area contributed by atoms with Crippen molar-refractivity contribution in [3.8, 4) is 5.75 Å². The van der Waals surface area contributed by atoms with Crippen molar-refractivity contribution in [3.05, 3.63) is 34.0 Å². The SMILES string of the molecule is CC[S+](CC)CC(=O)c1ccc(OS(=O)(=O)[N-]S(=O)(=O)C(F)(F)F)cc1. The Bertz CT molecular complexity index is 831. The molecule has 0 unspecified atom stereocenters. The largest absolute Gasteiger partial charge is 0.480 e. The van der Waals surface area contributed by atoms with Crippen molar-refractivity contribution in [2.24, 2.45) is 0 Å². The van der Waals surface area contributed by atoms with Gasteiger partial charge in [0, 0.05) is 5.56 Å². The summed E-state index contributed by atoms with van der Waals surface area (Å²) >= 11 is 0. The van der Waals surface area contributed by atoms with Crippen molar-refractivity contribution in [3.63, 3.8) is 0 Å². The standard InChI is InChI=1S/C13H16F3NO6S3/c1-3-24(4-2)9-12(18)10-5-7-11(8-6-10)23-26(21,22)17-25(19,20)13(14,15)16/h5-8H,3-4,9H2,1-2H3. The van der Waals surface area contributed by atoms with E-state index in [4.69, 9.17) is 0 Å². The molecule has 0 saturated carbocycles. The molecule has 1 aromatic carbocycles. The zero-order valence-electron chi connectivity index (χ0n) is 13.7. The Hall–Kier alpha value is -1.31. The Balaban J connectivity index is 2.85. The third-order valence-electron chi connectivity index (χ3n) is 3.01. The third kappa shape index (κ3) is 6.45. The van der Waals surface area contributed by atoms with Crippen LogP contribution >= 0.6 is 0 Å². The fourth-order valence-corrected chi connectivity index (χ4v) is 4.80. The first-order valence-corrected chi connectivity index (χ1v) is 11.6. The number of ketones is 1. The van der Waals surface area contributed by atoms with Crippen LogP contribution in [0.25, 0.3) is 4.13 Å². The summed E-state index contributed by atoms with van der Waals surface area (Å²) in [5, 5.41) is 0. The maximum atomic E-state index is 12.2. The number of Topliss-reactive ketones (excluding diaryl/α,β-unsaturated/α-hetero) is 1. The van der Waals surface area contributed by atoms with E-state index in [1.807, 2.05) is 13.8 Å². The van der Waals surface area contributed by atoms with E-state index in [0.29, 0.717) is 5.75 Å². The average Bonchev–Trinajstić information content (AvgIpc) is 2.50. The molecule has 0 radical (unpaired) electrons. The molecule has 0 spiro atoms. The molecule has 0 saturated heterocycles. The highest BCUT2D eigenvalue weighted by Gasteiger charge is 2.40. The molecule has 0 atom stereocenters. The number of benzene rings is 1. The van der Waals surface area contributed by atoms with E-state index in [1.54, 1.807) is 4.13 Å². The predicted octanol–water partition coefficient (Wildman–Crippen LogP) is 2.37. The second-order valence-corrected chi connectivity index (χ2v) is 10.5. The lowest BCUT2D eigenvalue weighted by Crippen LogP contribution is -2.25. The van der Waals surface area contributed by atoms with Crippen LogP contribution in [-0.4, -0.2) is 45.4 Å². The van der Waals surface area contributed by atoms with Gasteiger partial charge >= 0.3 is 5.51 Å². The Morgan fingerprint density at radius 2 is 1.58 bits per heavy atom. The molecule has 1 aromatic rings. The van der Waals surface area contributed by atoms with Crippen molar-refractivity contribution < 1.29 is 39.0 Å². The zero-order chi connectivity index (χ0) is 20.2. The summed E-state index contributed by atoms with van der Waals surface area (Å²) in [5.41, 5.74) is -5.59. The molecule has 26 heavy (non-hydrogen) atoms. The first kappa shape index (κ1) is 22.7. The molecule has 0 aliphatic rings. The van der Waals surface area contributed by atoms with Crippen molar-refractivity contribution in [2.75, 3.05) is 17.3 Å². The summed E-state index contributed by atoms with van der Waals surface area (Å²) in [4.78, 5) is 12.1. The molecule has 13 heteroatoms. The summed E-state index contributed by atoms with van der Waals surface area (Å²) in [7, 11) is -11.7. The van der Waals surface area contributed by atoms with Crippen LogP contribution in [0.5, 0.6) is 5.75 Å². The lowest BCUT2D eigenvalue weighted by atomic mass is 10.1. The van der Waals surface area contributed by atoms with Crippen molar-refractivity contribution in [1.82, 2.24) is 0 Å². The third-order valence-corrected chi connectivity index (χ3v) is 7.82. The Morgan fingerprint density at radius 3 is 2.00 bits per heavy atom. The Morgan fingerprint density at radius 1 is 1.08 bits per heavy atom. The molecular formula is C13H16F3NO6S3. The molecule has 7 nitrogen and oxygen atoms in total. The van der Waals surface area contributed by atoms with E-state index in [9.17, 15) is 34.8 Å². The van der Waals surface area contributed by atoms with E-state index in [2.05, 4.69) is 4.18 Å². The van der Waals surface area contributed by atoms with Gasteiger partial charge < -0.3 is 8.31 Å². The molecule has 0 aromatic heterocycles. The number of carbonyl (C=O) groups is 1. The van der Waals surface area contributed by atoms with Crippen LogP contribution in [0.3, 0.4) is 0 Å². The van der Waals surface area contributed by atoms with Crippen LogP contribution in [0, 0.1) is 0 Å². The van der Waals surface area contributed by atoms with Gasteiger partial charge in [0.2, 0.25) is 16.1 Å². The number of sulfonamides is 1. The highest BCUT2D eigenvalue weighted by molar-refractivity contribution is 8.10. The number of rotatable bonds is 9. The summed E-state index contributed by atoms with van der Waals surface area (Å²) in [6, 6.07) is 4.52. The molecule has 0 bridgehead atoms. The molecule has 0 aliphatic carbocycles. The minimum atomic E-state index is -6.26. The molecule has 0 amide bonds. The fourth-order valence-electron chi connectivity index (χ4n) is 1.67. The highest BCUT2D eigenvalue weighted by atomic mass is 32.3. The minimum absolute atomic E-state index is 0.0751. The van der Waals surface area contributed by atoms with Gasteiger partial charge in [-0.05, 0) is 49.0 Å². The first-order valence-electron chi connectivity index (χ1n) is 7.08. The van der Waals surface area contributed by atoms with E-state index in [0.717, 1.165) is 23.6 Å². The smallest absolute Gasteiger partial charge is 0.395 e. The number of hydrogen-bond donors (Lipinski definition) is 0. The van der Waals surface area contributed by atoms with Gasteiger partial charge in [0.15, 0.2) is 15.8 Å². The van der Waals surface area contributed by atoms with E-state index < -0.39 is 31.6 Å². The Kier molecular flexibility index (Phi) is 7.51. The average molecular weight is 435 g/mol. The lowest BCUT2D eigenvalue weighted by Gasteiger charge is -2.21. The molecule has 0 heterocycles. The summed E-state index contributed by atoms with van der Waals surface area (Å²) in [6.07, 6.45) is 0. The summed E-state index contributed by atoms with van der Waals surface area (Å²) in [6.45, 7) is 3.92. The van der Waals surface area contributed by atoms with Crippen molar-refractivity contribution in [2.45, 2.75) is 19.4 Å². The number of alkyl halides is 3. The quantitative estimate of drug-likeness (QED) is 0.435. The van der Waals surface area contributed by atoms with E-state index in [-0.39, 0.29) is 22.2 Å². The van der Waals surface area contributed by atoms with Crippen LogP contribution in [0.2, 0.25) is 0 Å². The molecular weight excluding hydrogens is 419 g/mol.